The van der Waals surface area contributed by atoms with Crippen LogP contribution in [0.3, 0.4) is 0 Å². The van der Waals surface area contributed by atoms with Crippen molar-refractivity contribution in [3.05, 3.63) is 70.4 Å². The first kappa shape index (κ1) is 24.4. The van der Waals surface area contributed by atoms with E-state index in [9.17, 15) is 0 Å². The number of hydrogen-bond donors (Lipinski definition) is 0. The van der Waals surface area contributed by atoms with Crippen molar-refractivity contribution in [2.75, 3.05) is 0 Å². The molecule has 1 aromatic heterocycles. The number of aliphatic imine (C=N–C) groups is 4. The molecule has 0 unspecified atom stereocenters. The molecular weight excluding hydrogens is 519 g/mol. The third-order valence-corrected chi connectivity index (χ3v) is 4.52. The van der Waals surface area contributed by atoms with Gasteiger partial charge in [-0.2, -0.15) is 9.98 Å². The molecule has 4 nitrogen and oxygen atoms in total. The predicted molar refractivity (Wildman–Crippen MR) is 133 cm³/mol. The predicted octanol–water partition coefficient (Wildman–Crippen LogP) is 8.09. The first-order valence-corrected chi connectivity index (χ1v) is 12.7. The number of isothiocyanates is 2. The van der Waals surface area contributed by atoms with Crippen molar-refractivity contribution < 1.29 is 13.1 Å². The molecule has 0 bridgehead atoms. The van der Waals surface area contributed by atoms with E-state index in [2.05, 4.69) is 54.7 Å². The standard InChI is InChI=1S/C20H12N4S3.2ClH.Fe/c25-13-23-17-5-1-15(2-6-17)21-11-19-9-10-20(27-19)12-22-16-3-7-18(8-4-16)24-14-26;;;/h1-12H;2*1H;/q;;;+2/p-2. The summed E-state index contributed by atoms with van der Waals surface area (Å²) in [5, 5.41) is 4.69. The average molecular weight is 531 g/mol. The van der Waals surface area contributed by atoms with Crippen molar-refractivity contribution in [2.24, 2.45) is 20.0 Å². The molecule has 0 aliphatic heterocycles. The molecule has 0 aliphatic rings. The molecule has 0 aliphatic carbocycles. The number of nitrogens with zero attached hydrogens (tertiary/aromatic N) is 4. The van der Waals surface area contributed by atoms with Crippen LogP contribution >= 0.6 is 56.0 Å². The van der Waals surface area contributed by atoms with Crippen LogP contribution in [0.25, 0.3) is 0 Å². The van der Waals surface area contributed by atoms with Gasteiger partial charge in [-0.3, -0.25) is 9.98 Å². The van der Waals surface area contributed by atoms with Crippen LogP contribution in [-0.2, 0) is 13.1 Å². The normalized spacial score (nSPS) is 10.3. The van der Waals surface area contributed by atoms with E-state index >= 15 is 0 Å². The molecule has 30 heavy (non-hydrogen) atoms. The number of thiocarbonyl (C=S) groups is 2. The molecule has 152 valence electrons. The Morgan fingerprint density at radius 2 is 1.00 bits per heavy atom. The molecule has 0 fully saturated rings. The van der Waals surface area contributed by atoms with Crippen molar-refractivity contribution in [3.63, 3.8) is 0 Å². The molecule has 0 saturated heterocycles. The van der Waals surface area contributed by atoms with Gasteiger partial charge in [-0.15, -0.1) is 11.3 Å². The van der Waals surface area contributed by atoms with Gasteiger partial charge >= 0.3 is 33.3 Å². The zero-order valence-electron chi connectivity index (χ0n) is 15.1. The summed E-state index contributed by atoms with van der Waals surface area (Å²) in [5.74, 6) is 0. The van der Waals surface area contributed by atoms with Crippen molar-refractivity contribution in [3.8, 4) is 0 Å². The number of hydrogen-bond acceptors (Lipinski definition) is 7. The Morgan fingerprint density at radius 1 is 0.667 bits per heavy atom. The molecule has 3 aromatic rings. The van der Waals surface area contributed by atoms with E-state index in [4.69, 9.17) is 20.2 Å². The molecule has 10 heteroatoms. The second-order valence-corrected chi connectivity index (χ2v) is 8.58. The van der Waals surface area contributed by atoms with Crippen LogP contribution in [0.2, 0.25) is 0 Å². The van der Waals surface area contributed by atoms with E-state index in [-0.39, 0.29) is 13.1 Å². The summed E-state index contributed by atoms with van der Waals surface area (Å²) in [6.45, 7) is 0. The topological polar surface area (TPSA) is 49.4 Å². The minimum atomic E-state index is 0.194. The van der Waals surface area contributed by atoms with Gasteiger partial charge in [0.1, 0.15) is 0 Å². The van der Waals surface area contributed by atoms with Crippen molar-refractivity contribution in [2.45, 2.75) is 0 Å². The van der Waals surface area contributed by atoms with Gasteiger partial charge in [-0.25, -0.2) is 0 Å². The summed E-state index contributed by atoms with van der Waals surface area (Å²) in [5.41, 5.74) is 3.23. The first-order chi connectivity index (χ1) is 14.7. The molecule has 0 amide bonds. The zero-order chi connectivity index (χ0) is 21.6. The summed E-state index contributed by atoms with van der Waals surface area (Å²) < 4.78 is 0. The van der Waals surface area contributed by atoms with Gasteiger partial charge in [0, 0.05) is 22.2 Å². The molecule has 2 aromatic carbocycles. The second kappa shape index (κ2) is 14.2. The van der Waals surface area contributed by atoms with E-state index < -0.39 is 0 Å². The van der Waals surface area contributed by atoms with Crippen molar-refractivity contribution in [1.29, 1.82) is 0 Å². The SMILES string of the molecule is S=C=Nc1ccc(N=Cc2ccc(C=Nc3ccc(N=C=S)cc3)s2)cc1.[Cl][Fe][Cl]. The maximum atomic E-state index is 4.76. The second-order valence-electron chi connectivity index (χ2n) is 5.25. The van der Waals surface area contributed by atoms with Gasteiger partial charge < -0.3 is 0 Å². The Labute approximate surface area is 203 Å². The maximum absolute atomic E-state index is 4.76. The Morgan fingerprint density at radius 3 is 1.33 bits per heavy atom. The fourth-order valence-electron chi connectivity index (χ4n) is 2.12. The molecule has 3 rings (SSSR count). The average Bonchev–Trinajstić information content (AvgIpc) is 3.22. The van der Waals surface area contributed by atoms with Crippen molar-refractivity contribution >= 4 is 101 Å². The van der Waals surface area contributed by atoms with Crippen LogP contribution in [0.5, 0.6) is 0 Å². The Bertz CT molecular complexity index is 1010. The van der Waals surface area contributed by atoms with E-state index in [1.54, 1.807) is 11.3 Å². The molecular formula is C20H12Cl2FeN4S3. The van der Waals surface area contributed by atoms with E-state index in [0.717, 1.165) is 32.5 Å². The van der Waals surface area contributed by atoms with E-state index in [1.807, 2.05) is 73.1 Å². The van der Waals surface area contributed by atoms with Crippen LogP contribution < -0.4 is 0 Å². The Balaban J connectivity index is 0.00000101. The van der Waals surface area contributed by atoms with Gasteiger partial charge in [-0.05, 0) is 85.1 Å². The summed E-state index contributed by atoms with van der Waals surface area (Å²) in [6.07, 6.45) is 3.66. The van der Waals surface area contributed by atoms with Crippen LogP contribution in [-0.4, -0.2) is 22.8 Å². The summed E-state index contributed by atoms with van der Waals surface area (Å²) in [7, 11) is 9.53. The Kier molecular flexibility index (Phi) is 11.6. The number of thiophene rings is 1. The van der Waals surface area contributed by atoms with E-state index in [0.29, 0.717) is 0 Å². The molecule has 0 saturated carbocycles. The summed E-state index contributed by atoms with van der Waals surface area (Å²) >= 11 is 11.0. The monoisotopic (exact) mass is 530 g/mol. The minimum absolute atomic E-state index is 0.194. The van der Waals surface area contributed by atoms with Crippen LogP contribution in [0.1, 0.15) is 9.75 Å². The number of halogens is 2. The molecule has 1 heterocycles. The van der Waals surface area contributed by atoms with Gasteiger partial charge in [-0.1, -0.05) is 0 Å². The quantitative estimate of drug-likeness (QED) is 0.183. The summed E-state index contributed by atoms with van der Waals surface area (Å²) in [4.78, 5) is 18.9. The molecule has 0 spiro atoms. The third-order valence-electron chi connectivity index (χ3n) is 3.38. The van der Waals surface area contributed by atoms with Gasteiger partial charge in [0.05, 0.1) is 33.1 Å². The zero-order valence-corrected chi connectivity index (χ0v) is 20.1. The van der Waals surface area contributed by atoms with Crippen molar-refractivity contribution in [1.82, 2.24) is 0 Å². The fourth-order valence-corrected chi connectivity index (χ4v) is 3.08. The molecule has 0 atom stereocenters. The van der Waals surface area contributed by atoms with Gasteiger partial charge in [0.2, 0.25) is 0 Å². The van der Waals surface area contributed by atoms with Gasteiger partial charge in [0.25, 0.3) is 0 Å². The number of rotatable bonds is 6. The number of benzene rings is 2. The Hall–Kier alpha value is -1.82. The van der Waals surface area contributed by atoms with Crippen LogP contribution in [0.15, 0.2) is 80.6 Å². The fraction of sp³-hybridized carbons (Fsp3) is 0. The molecule has 0 radical (unpaired) electrons. The van der Waals surface area contributed by atoms with Crippen LogP contribution in [0, 0.1) is 0 Å². The van der Waals surface area contributed by atoms with Gasteiger partial charge in [0.15, 0.2) is 0 Å². The van der Waals surface area contributed by atoms with Crippen LogP contribution in [0.4, 0.5) is 22.7 Å². The first-order valence-electron chi connectivity index (χ1n) is 8.07. The summed E-state index contributed by atoms with van der Waals surface area (Å²) in [6, 6.07) is 19.0. The third kappa shape index (κ3) is 8.90. The van der Waals surface area contributed by atoms with E-state index in [1.165, 1.54) is 0 Å². The molecule has 0 N–H and O–H groups in total.